The fourth-order valence-corrected chi connectivity index (χ4v) is 2.85. The number of anilines is 1. The lowest BCUT2D eigenvalue weighted by atomic mass is 9.98. The van der Waals surface area contributed by atoms with E-state index in [9.17, 15) is 19.3 Å². The standard InChI is InChI=1S/C15H14N4O5/c1-3-24-15(22)11-10-12(19(16-11)17-23)14(21)18(13(10)20)9-6-4-5-8(2)7-9/h4-7,10,12H,3H2,1-2H3/t10-,12+/m1/s1. The third-order valence-electron chi connectivity index (χ3n) is 3.86. The van der Waals surface area contributed by atoms with Crippen LogP contribution in [0.5, 0.6) is 0 Å². The number of nitroso groups, excluding NO2 is 1. The zero-order valence-corrected chi connectivity index (χ0v) is 13.0. The summed E-state index contributed by atoms with van der Waals surface area (Å²) in [6.45, 7) is 3.49. The van der Waals surface area contributed by atoms with Gasteiger partial charge in [-0.05, 0) is 31.5 Å². The van der Waals surface area contributed by atoms with Crippen molar-refractivity contribution in [3.05, 3.63) is 34.7 Å². The topological polar surface area (TPSA) is 109 Å². The van der Waals surface area contributed by atoms with Gasteiger partial charge in [-0.15, -0.1) is 15.1 Å². The quantitative estimate of drug-likeness (QED) is 0.458. The second-order valence-corrected chi connectivity index (χ2v) is 5.38. The number of nitrogens with zero attached hydrogens (tertiary/aromatic N) is 4. The summed E-state index contributed by atoms with van der Waals surface area (Å²) in [5.41, 5.74) is 0.943. The molecule has 1 aromatic carbocycles. The normalized spacial score (nSPS) is 22.5. The Morgan fingerprint density at radius 3 is 2.71 bits per heavy atom. The van der Waals surface area contributed by atoms with E-state index in [0.717, 1.165) is 10.5 Å². The minimum absolute atomic E-state index is 0.0769. The van der Waals surface area contributed by atoms with E-state index in [-0.39, 0.29) is 12.3 Å². The smallest absolute Gasteiger partial charge is 0.355 e. The highest BCUT2D eigenvalue weighted by atomic mass is 16.5. The Balaban J connectivity index is 2.02. The Morgan fingerprint density at radius 1 is 1.33 bits per heavy atom. The van der Waals surface area contributed by atoms with Crippen LogP contribution in [0.2, 0.25) is 0 Å². The molecule has 124 valence electrons. The fourth-order valence-electron chi connectivity index (χ4n) is 2.85. The molecule has 1 saturated heterocycles. The lowest BCUT2D eigenvalue weighted by Crippen LogP contribution is -2.36. The van der Waals surface area contributed by atoms with Crippen molar-refractivity contribution >= 4 is 29.2 Å². The highest BCUT2D eigenvalue weighted by Gasteiger charge is 2.59. The molecule has 0 radical (unpaired) electrons. The molecule has 2 heterocycles. The van der Waals surface area contributed by atoms with E-state index in [0.29, 0.717) is 10.8 Å². The molecule has 0 aromatic heterocycles. The lowest BCUT2D eigenvalue weighted by molar-refractivity contribution is -0.136. The molecule has 0 bridgehead atoms. The van der Waals surface area contributed by atoms with E-state index in [1.54, 1.807) is 25.1 Å². The van der Waals surface area contributed by atoms with E-state index < -0.39 is 29.7 Å². The minimum atomic E-state index is -1.25. The highest BCUT2D eigenvalue weighted by Crippen LogP contribution is 2.35. The highest BCUT2D eigenvalue weighted by molar-refractivity contribution is 6.46. The Labute approximate surface area is 136 Å². The number of imide groups is 1. The molecule has 1 aromatic rings. The second kappa shape index (κ2) is 5.84. The first kappa shape index (κ1) is 15.8. The summed E-state index contributed by atoms with van der Waals surface area (Å²) < 4.78 is 4.85. The number of benzene rings is 1. The van der Waals surface area contributed by atoms with Gasteiger partial charge in [-0.25, -0.2) is 9.69 Å². The van der Waals surface area contributed by atoms with Crippen molar-refractivity contribution in [1.29, 1.82) is 0 Å². The Kier molecular flexibility index (Phi) is 3.84. The Bertz CT molecular complexity index is 775. The predicted octanol–water partition coefficient (Wildman–Crippen LogP) is 0.769. The van der Waals surface area contributed by atoms with Crippen LogP contribution >= 0.6 is 0 Å². The van der Waals surface area contributed by atoms with E-state index in [1.807, 2.05) is 13.0 Å². The molecular weight excluding hydrogens is 316 g/mol. The van der Waals surface area contributed by atoms with Gasteiger partial charge in [0.25, 0.3) is 5.91 Å². The third kappa shape index (κ3) is 2.25. The average Bonchev–Trinajstić information content (AvgIpc) is 3.05. The molecule has 2 aliphatic heterocycles. The summed E-state index contributed by atoms with van der Waals surface area (Å²) >= 11 is 0. The number of carbonyl (C=O) groups is 3. The van der Waals surface area contributed by atoms with Crippen molar-refractivity contribution in [2.75, 3.05) is 11.5 Å². The van der Waals surface area contributed by atoms with Crippen LogP contribution in [0, 0.1) is 17.7 Å². The summed E-state index contributed by atoms with van der Waals surface area (Å²) in [6, 6.07) is 5.53. The largest absolute Gasteiger partial charge is 0.461 e. The Hall–Kier alpha value is -3.10. The summed E-state index contributed by atoms with van der Waals surface area (Å²) in [6.07, 6.45) is 0. The zero-order chi connectivity index (χ0) is 17.4. The minimum Gasteiger partial charge on any atom is -0.461 e. The maximum atomic E-state index is 12.7. The SMILES string of the molecule is CCOC(=O)C1=NN(N=O)[C@@H]2C(=O)N(c3cccc(C)c3)C(=O)[C@H]12. The van der Waals surface area contributed by atoms with Crippen molar-refractivity contribution in [1.82, 2.24) is 5.12 Å². The number of carbonyl (C=O) groups excluding carboxylic acids is 3. The molecule has 0 unspecified atom stereocenters. The van der Waals surface area contributed by atoms with Crippen LogP contribution < -0.4 is 4.90 Å². The molecule has 9 heteroatoms. The number of hydrazone groups is 1. The van der Waals surface area contributed by atoms with Gasteiger partial charge in [0.2, 0.25) is 5.91 Å². The van der Waals surface area contributed by atoms with Crippen LogP contribution in [0.3, 0.4) is 0 Å². The summed E-state index contributed by atoms with van der Waals surface area (Å²) in [5.74, 6) is -3.33. The molecule has 2 amide bonds. The van der Waals surface area contributed by atoms with E-state index in [1.165, 1.54) is 0 Å². The molecule has 2 atom stereocenters. The Morgan fingerprint density at radius 2 is 2.08 bits per heavy atom. The third-order valence-corrected chi connectivity index (χ3v) is 3.86. The predicted molar refractivity (Wildman–Crippen MR) is 82.7 cm³/mol. The maximum Gasteiger partial charge on any atom is 0.355 e. The van der Waals surface area contributed by atoms with Crippen LogP contribution in [0.4, 0.5) is 5.69 Å². The van der Waals surface area contributed by atoms with Crippen LogP contribution in [0.25, 0.3) is 0 Å². The maximum absolute atomic E-state index is 12.7. The molecular formula is C15H14N4O5. The van der Waals surface area contributed by atoms with Crippen LogP contribution in [0.15, 0.2) is 34.7 Å². The molecule has 24 heavy (non-hydrogen) atoms. The zero-order valence-electron chi connectivity index (χ0n) is 13.0. The number of ether oxygens (including phenoxy) is 1. The molecule has 0 N–H and O–H groups in total. The number of hydrogen-bond donors (Lipinski definition) is 0. The number of hydrogen-bond acceptors (Lipinski definition) is 7. The molecule has 3 rings (SSSR count). The average molecular weight is 330 g/mol. The fraction of sp³-hybridized carbons (Fsp3) is 0.333. The first-order valence-corrected chi connectivity index (χ1v) is 7.32. The van der Waals surface area contributed by atoms with Crippen LogP contribution in [-0.4, -0.2) is 41.3 Å². The van der Waals surface area contributed by atoms with Gasteiger partial charge in [-0.1, -0.05) is 12.1 Å². The summed E-state index contributed by atoms with van der Waals surface area (Å²) in [7, 11) is 0. The molecule has 2 aliphatic rings. The second-order valence-electron chi connectivity index (χ2n) is 5.38. The van der Waals surface area contributed by atoms with Crippen molar-refractivity contribution in [3.63, 3.8) is 0 Å². The molecule has 0 saturated carbocycles. The van der Waals surface area contributed by atoms with Gasteiger partial charge in [0.05, 0.1) is 17.6 Å². The van der Waals surface area contributed by atoms with Crippen molar-refractivity contribution in [2.24, 2.45) is 16.3 Å². The van der Waals surface area contributed by atoms with Crippen LogP contribution in [0.1, 0.15) is 12.5 Å². The monoisotopic (exact) mass is 330 g/mol. The molecule has 1 fully saturated rings. The van der Waals surface area contributed by atoms with Gasteiger partial charge in [0.15, 0.2) is 11.8 Å². The summed E-state index contributed by atoms with van der Waals surface area (Å²) in [5, 5.41) is 6.89. The number of esters is 1. The van der Waals surface area contributed by atoms with Crippen LogP contribution in [-0.2, 0) is 19.1 Å². The number of rotatable bonds is 4. The number of amides is 2. The van der Waals surface area contributed by atoms with Crippen molar-refractivity contribution < 1.29 is 19.1 Å². The number of fused-ring (bicyclic) bond motifs is 1. The number of aryl methyl sites for hydroxylation is 1. The molecule has 9 nitrogen and oxygen atoms in total. The summed E-state index contributed by atoms with van der Waals surface area (Å²) in [4.78, 5) is 49.3. The van der Waals surface area contributed by atoms with E-state index in [4.69, 9.17) is 4.74 Å². The lowest BCUT2D eigenvalue weighted by Gasteiger charge is -2.17. The molecule has 0 aliphatic carbocycles. The first-order valence-electron chi connectivity index (χ1n) is 7.32. The van der Waals surface area contributed by atoms with E-state index in [2.05, 4.69) is 10.4 Å². The van der Waals surface area contributed by atoms with E-state index >= 15 is 0 Å². The van der Waals surface area contributed by atoms with Gasteiger partial charge in [-0.3, -0.25) is 9.59 Å². The first-order chi connectivity index (χ1) is 11.5. The van der Waals surface area contributed by atoms with Gasteiger partial charge in [0.1, 0.15) is 5.92 Å². The van der Waals surface area contributed by atoms with Gasteiger partial charge < -0.3 is 4.74 Å². The van der Waals surface area contributed by atoms with Crippen molar-refractivity contribution in [2.45, 2.75) is 19.9 Å². The molecule has 0 spiro atoms. The van der Waals surface area contributed by atoms with Gasteiger partial charge in [-0.2, -0.15) is 0 Å². The van der Waals surface area contributed by atoms with Gasteiger partial charge >= 0.3 is 5.97 Å². The van der Waals surface area contributed by atoms with Crippen molar-refractivity contribution in [3.8, 4) is 0 Å². The van der Waals surface area contributed by atoms with Gasteiger partial charge in [0, 0.05) is 0 Å².